The molecular weight excluding hydrogens is 148 g/mol. The molecule has 0 amide bonds. The van der Waals surface area contributed by atoms with Crippen molar-refractivity contribution in [2.75, 3.05) is 0 Å². The molecule has 0 atom stereocenters. The maximum atomic E-state index is 5.78. The van der Waals surface area contributed by atoms with E-state index in [1.807, 2.05) is 18.2 Å². The fourth-order valence-electron chi connectivity index (χ4n) is 1.36. The van der Waals surface area contributed by atoms with Crippen molar-refractivity contribution in [1.29, 1.82) is 0 Å². The zero-order valence-corrected chi connectivity index (χ0v) is 7.42. The van der Waals surface area contributed by atoms with Crippen molar-refractivity contribution < 1.29 is 4.74 Å². The van der Waals surface area contributed by atoms with Gasteiger partial charge in [-0.1, -0.05) is 18.2 Å². The molecule has 64 valence electrons. The van der Waals surface area contributed by atoms with Crippen LogP contribution in [0.4, 0.5) is 0 Å². The van der Waals surface area contributed by atoms with Crippen molar-refractivity contribution >= 4 is 0 Å². The maximum Gasteiger partial charge on any atom is 0.122 e. The van der Waals surface area contributed by atoms with Crippen LogP contribution in [0.5, 0.6) is 5.75 Å². The standard InChI is InChI=1S/C11H14O/c1-9-5-2-3-8-11(9)12-10-6-4-7-10/h2-3,5,8,10H,4,6-7H2,1H3. The Labute approximate surface area is 73.4 Å². The average molecular weight is 162 g/mol. The summed E-state index contributed by atoms with van der Waals surface area (Å²) in [7, 11) is 0. The summed E-state index contributed by atoms with van der Waals surface area (Å²) in [6.07, 6.45) is 4.28. The number of para-hydroxylation sites is 1. The van der Waals surface area contributed by atoms with E-state index < -0.39 is 0 Å². The van der Waals surface area contributed by atoms with E-state index in [1.54, 1.807) is 0 Å². The molecular formula is C11H14O. The SMILES string of the molecule is Cc1ccccc1OC1CCC1. The molecule has 0 unspecified atom stereocenters. The summed E-state index contributed by atoms with van der Waals surface area (Å²) in [5, 5.41) is 0. The number of aryl methyl sites for hydroxylation is 1. The Morgan fingerprint density at radius 2 is 2.00 bits per heavy atom. The Kier molecular flexibility index (Phi) is 2.03. The molecule has 0 heterocycles. The molecule has 1 aliphatic rings. The second kappa shape index (κ2) is 3.18. The van der Waals surface area contributed by atoms with E-state index in [0.717, 1.165) is 5.75 Å². The number of hydrogen-bond acceptors (Lipinski definition) is 1. The van der Waals surface area contributed by atoms with E-state index in [9.17, 15) is 0 Å². The summed E-state index contributed by atoms with van der Waals surface area (Å²) in [6.45, 7) is 2.09. The Bertz CT molecular complexity index is 263. The molecule has 0 aliphatic heterocycles. The van der Waals surface area contributed by atoms with Crippen molar-refractivity contribution in [1.82, 2.24) is 0 Å². The van der Waals surface area contributed by atoms with E-state index >= 15 is 0 Å². The lowest BCUT2D eigenvalue weighted by Gasteiger charge is -2.27. The summed E-state index contributed by atoms with van der Waals surface area (Å²) in [5.74, 6) is 1.06. The fourth-order valence-corrected chi connectivity index (χ4v) is 1.36. The Morgan fingerprint density at radius 3 is 2.58 bits per heavy atom. The number of hydrogen-bond donors (Lipinski definition) is 0. The first-order valence-corrected chi connectivity index (χ1v) is 4.58. The quantitative estimate of drug-likeness (QED) is 0.649. The van der Waals surface area contributed by atoms with Crippen LogP contribution in [0.15, 0.2) is 24.3 Å². The summed E-state index contributed by atoms with van der Waals surface area (Å²) < 4.78 is 5.78. The zero-order valence-electron chi connectivity index (χ0n) is 7.42. The minimum atomic E-state index is 0.492. The molecule has 1 fully saturated rings. The second-order valence-corrected chi connectivity index (χ2v) is 3.44. The van der Waals surface area contributed by atoms with E-state index in [-0.39, 0.29) is 0 Å². The van der Waals surface area contributed by atoms with Gasteiger partial charge in [-0.15, -0.1) is 0 Å². The third-order valence-corrected chi connectivity index (χ3v) is 2.44. The largest absolute Gasteiger partial charge is 0.490 e. The number of benzene rings is 1. The van der Waals surface area contributed by atoms with E-state index in [0.29, 0.717) is 6.10 Å². The van der Waals surface area contributed by atoms with Gasteiger partial charge in [0.05, 0.1) is 6.10 Å². The molecule has 0 aromatic heterocycles. The second-order valence-electron chi connectivity index (χ2n) is 3.44. The van der Waals surface area contributed by atoms with Gasteiger partial charge >= 0.3 is 0 Å². The summed E-state index contributed by atoms with van der Waals surface area (Å²) >= 11 is 0. The molecule has 1 nitrogen and oxygen atoms in total. The van der Waals surface area contributed by atoms with Crippen LogP contribution in [0, 0.1) is 6.92 Å². The number of ether oxygens (including phenoxy) is 1. The van der Waals surface area contributed by atoms with Crippen LogP contribution >= 0.6 is 0 Å². The maximum absolute atomic E-state index is 5.78. The topological polar surface area (TPSA) is 9.23 Å². The van der Waals surface area contributed by atoms with Crippen LogP contribution in [0.1, 0.15) is 24.8 Å². The summed E-state index contributed by atoms with van der Waals surface area (Å²) in [4.78, 5) is 0. The van der Waals surface area contributed by atoms with Crippen LogP contribution < -0.4 is 4.74 Å². The normalized spacial score (nSPS) is 17.1. The third-order valence-electron chi connectivity index (χ3n) is 2.44. The summed E-state index contributed by atoms with van der Waals surface area (Å²) in [6, 6.07) is 8.21. The molecule has 2 rings (SSSR count). The van der Waals surface area contributed by atoms with E-state index in [2.05, 4.69) is 13.0 Å². The Hall–Kier alpha value is -0.980. The third kappa shape index (κ3) is 1.45. The predicted molar refractivity (Wildman–Crippen MR) is 49.4 cm³/mol. The van der Waals surface area contributed by atoms with Crippen molar-refractivity contribution in [2.45, 2.75) is 32.3 Å². The highest BCUT2D eigenvalue weighted by Crippen LogP contribution is 2.26. The highest BCUT2D eigenvalue weighted by molar-refractivity contribution is 5.32. The van der Waals surface area contributed by atoms with Crippen LogP contribution in [-0.4, -0.2) is 6.10 Å². The lowest BCUT2D eigenvalue weighted by Crippen LogP contribution is -2.24. The minimum Gasteiger partial charge on any atom is -0.490 e. The Morgan fingerprint density at radius 1 is 1.25 bits per heavy atom. The van der Waals surface area contributed by atoms with Gasteiger partial charge in [0.15, 0.2) is 0 Å². The minimum absolute atomic E-state index is 0.492. The highest BCUT2D eigenvalue weighted by atomic mass is 16.5. The van der Waals surface area contributed by atoms with Gasteiger partial charge in [0, 0.05) is 0 Å². The van der Waals surface area contributed by atoms with E-state index in [4.69, 9.17) is 4.74 Å². The molecule has 1 aromatic carbocycles. The van der Waals surface area contributed by atoms with Crippen molar-refractivity contribution in [3.05, 3.63) is 29.8 Å². The van der Waals surface area contributed by atoms with Crippen LogP contribution in [0.2, 0.25) is 0 Å². The lowest BCUT2D eigenvalue weighted by molar-refractivity contribution is 0.119. The molecule has 1 saturated carbocycles. The molecule has 1 aliphatic carbocycles. The lowest BCUT2D eigenvalue weighted by atomic mass is 9.96. The Balaban J connectivity index is 2.06. The first-order chi connectivity index (χ1) is 5.86. The van der Waals surface area contributed by atoms with Crippen molar-refractivity contribution in [3.63, 3.8) is 0 Å². The van der Waals surface area contributed by atoms with Crippen LogP contribution in [0.3, 0.4) is 0 Å². The van der Waals surface area contributed by atoms with E-state index in [1.165, 1.54) is 24.8 Å². The molecule has 12 heavy (non-hydrogen) atoms. The molecule has 1 aromatic rings. The molecule has 0 radical (unpaired) electrons. The zero-order chi connectivity index (χ0) is 8.39. The monoisotopic (exact) mass is 162 g/mol. The number of rotatable bonds is 2. The molecule has 0 spiro atoms. The first-order valence-electron chi connectivity index (χ1n) is 4.58. The molecule has 0 saturated heterocycles. The van der Waals surface area contributed by atoms with Gasteiger partial charge in [-0.2, -0.15) is 0 Å². The van der Waals surface area contributed by atoms with Crippen LogP contribution in [0.25, 0.3) is 0 Å². The van der Waals surface area contributed by atoms with Gasteiger partial charge in [0.25, 0.3) is 0 Å². The van der Waals surface area contributed by atoms with Gasteiger partial charge in [0.2, 0.25) is 0 Å². The molecule has 0 bridgehead atoms. The van der Waals surface area contributed by atoms with Gasteiger partial charge in [-0.25, -0.2) is 0 Å². The first kappa shape index (κ1) is 7.66. The van der Waals surface area contributed by atoms with Crippen molar-refractivity contribution in [2.24, 2.45) is 0 Å². The smallest absolute Gasteiger partial charge is 0.122 e. The highest BCUT2D eigenvalue weighted by Gasteiger charge is 2.19. The van der Waals surface area contributed by atoms with Crippen LogP contribution in [-0.2, 0) is 0 Å². The van der Waals surface area contributed by atoms with Gasteiger partial charge in [0.1, 0.15) is 5.75 Å². The average Bonchev–Trinajstić information content (AvgIpc) is 2.00. The summed E-state index contributed by atoms with van der Waals surface area (Å²) in [5.41, 5.74) is 1.24. The van der Waals surface area contributed by atoms with Gasteiger partial charge < -0.3 is 4.74 Å². The fraction of sp³-hybridized carbons (Fsp3) is 0.455. The van der Waals surface area contributed by atoms with Crippen molar-refractivity contribution in [3.8, 4) is 5.75 Å². The van der Waals surface area contributed by atoms with Gasteiger partial charge in [-0.05, 0) is 37.8 Å². The molecule has 1 heteroatoms. The van der Waals surface area contributed by atoms with Gasteiger partial charge in [-0.3, -0.25) is 0 Å². The predicted octanol–water partition coefficient (Wildman–Crippen LogP) is 2.93. The molecule has 0 N–H and O–H groups in total.